The van der Waals surface area contributed by atoms with Crippen molar-refractivity contribution in [2.24, 2.45) is 5.73 Å². The van der Waals surface area contributed by atoms with E-state index in [1.807, 2.05) is 24.4 Å². The van der Waals surface area contributed by atoms with Crippen molar-refractivity contribution in [1.82, 2.24) is 5.32 Å². The van der Waals surface area contributed by atoms with Crippen LogP contribution in [0.1, 0.15) is 34.0 Å². The maximum atomic E-state index is 11.9. The molecule has 98 valence electrons. The molecule has 0 bridgehead atoms. The van der Waals surface area contributed by atoms with Crippen LogP contribution in [0.4, 0.5) is 0 Å². The molecule has 2 aromatic rings. The molecular formula is C12H15ClN2O2S. The highest BCUT2D eigenvalue weighted by atomic mass is 35.5. The Hall–Kier alpha value is -1.30. The summed E-state index contributed by atoms with van der Waals surface area (Å²) in [5, 5.41) is 4.90. The lowest BCUT2D eigenvalue weighted by Crippen LogP contribution is -2.25. The van der Waals surface area contributed by atoms with Gasteiger partial charge < -0.3 is 15.5 Å². The molecule has 0 fully saturated rings. The Kier molecular flexibility index (Phi) is 5.40. The Balaban J connectivity index is 0.00000162. The lowest BCUT2D eigenvalue weighted by Gasteiger charge is -2.10. The summed E-state index contributed by atoms with van der Waals surface area (Å²) in [6, 6.07) is 5.62. The molecule has 6 heteroatoms. The van der Waals surface area contributed by atoms with E-state index >= 15 is 0 Å². The molecule has 0 saturated heterocycles. The van der Waals surface area contributed by atoms with Crippen molar-refractivity contribution in [2.45, 2.75) is 19.5 Å². The molecule has 2 aromatic heterocycles. The quantitative estimate of drug-likeness (QED) is 0.908. The van der Waals surface area contributed by atoms with Crippen molar-refractivity contribution < 1.29 is 9.21 Å². The summed E-state index contributed by atoms with van der Waals surface area (Å²) >= 11 is 1.62. The second kappa shape index (κ2) is 6.58. The van der Waals surface area contributed by atoms with Gasteiger partial charge in [0.1, 0.15) is 12.0 Å². The van der Waals surface area contributed by atoms with Crippen LogP contribution in [0.3, 0.4) is 0 Å². The number of carbonyl (C=O) groups excluding carboxylic acids is 1. The Morgan fingerprint density at radius 3 is 2.94 bits per heavy atom. The normalized spacial score (nSPS) is 11.7. The van der Waals surface area contributed by atoms with E-state index in [-0.39, 0.29) is 24.4 Å². The number of hydrogen-bond acceptors (Lipinski definition) is 4. The number of amides is 1. The zero-order valence-electron chi connectivity index (χ0n) is 9.88. The fourth-order valence-corrected chi connectivity index (χ4v) is 2.23. The maximum Gasteiger partial charge on any atom is 0.255 e. The molecular weight excluding hydrogens is 272 g/mol. The van der Waals surface area contributed by atoms with Gasteiger partial charge >= 0.3 is 0 Å². The van der Waals surface area contributed by atoms with Crippen LogP contribution < -0.4 is 11.1 Å². The first-order valence-corrected chi connectivity index (χ1v) is 6.20. The molecule has 4 nitrogen and oxygen atoms in total. The summed E-state index contributed by atoms with van der Waals surface area (Å²) in [5.41, 5.74) is 5.93. The zero-order chi connectivity index (χ0) is 12.3. The van der Waals surface area contributed by atoms with E-state index in [2.05, 4.69) is 5.32 Å². The number of nitrogens with two attached hydrogens (primary N) is 1. The molecule has 0 radical (unpaired) electrons. The van der Waals surface area contributed by atoms with Gasteiger partial charge in [0.15, 0.2) is 0 Å². The summed E-state index contributed by atoms with van der Waals surface area (Å²) < 4.78 is 5.12. The van der Waals surface area contributed by atoms with Gasteiger partial charge in [0.25, 0.3) is 5.91 Å². The van der Waals surface area contributed by atoms with Crippen LogP contribution in [0.25, 0.3) is 0 Å². The third kappa shape index (κ3) is 3.35. The highest BCUT2D eigenvalue weighted by Crippen LogP contribution is 2.18. The number of halogens is 1. The minimum atomic E-state index is -0.144. The molecule has 2 rings (SSSR count). The minimum Gasteiger partial charge on any atom is -0.467 e. The van der Waals surface area contributed by atoms with E-state index in [1.54, 1.807) is 17.4 Å². The van der Waals surface area contributed by atoms with Crippen molar-refractivity contribution in [3.05, 3.63) is 46.0 Å². The zero-order valence-corrected chi connectivity index (χ0v) is 11.5. The molecule has 3 N–H and O–H groups in total. The van der Waals surface area contributed by atoms with Gasteiger partial charge in [-0.25, -0.2) is 0 Å². The van der Waals surface area contributed by atoms with Gasteiger partial charge in [-0.3, -0.25) is 4.79 Å². The van der Waals surface area contributed by atoms with E-state index in [0.717, 1.165) is 4.88 Å². The largest absolute Gasteiger partial charge is 0.467 e. The summed E-state index contributed by atoms with van der Waals surface area (Å²) in [7, 11) is 0. The van der Waals surface area contributed by atoms with Crippen LogP contribution in [0, 0.1) is 0 Å². The van der Waals surface area contributed by atoms with E-state index in [4.69, 9.17) is 10.2 Å². The number of thiophene rings is 1. The standard InChI is InChI=1S/C12H14N2O2S.ClH/c1-8(11-3-2-4-17-11)14-12(15)9-5-10(6-13)16-7-9;/h2-5,7-8H,6,13H2,1H3,(H,14,15);1H. The number of nitrogens with one attached hydrogen (secondary N) is 1. The van der Waals surface area contributed by atoms with Crippen LogP contribution in [0.2, 0.25) is 0 Å². The lowest BCUT2D eigenvalue weighted by atomic mass is 10.2. The lowest BCUT2D eigenvalue weighted by molar-refractivity contribution is 0.0940. The van der Waals surface area contributed by atoms with Gasteiger partial charge in [0.05, 0.1) is 18.2 Å². The van der Waals surface area contributed by atoms with Gasteiger partial charge in [-0.1, -0.05) is 6.07 Å². The van der Waals surface area contributed by atoms with Crippen molar-refractivity contribution >= 4 is 29.7 Å². The SMILES string of the molecule is CC(NC(=O)c1coc(CN)c1)c1cccs1.Cl. The van der Waals surface area contributed by atoms with E-state index in [9.17, 15) is 4.79 Å². The molecule has 0 saturated carbocycles. The van der Waals surface area contributed by atoms with Crippen LogP contribution in [0.15, 0.2) is 34.3 Å². The van der Waals surface area contributed by atoms with Crippen LogP contribution >= 0.6 is 23.7 Å². The third-order valence-electron chi connectivity index (χ3n) is 2.43. The van der Waals surface area contributed by atoms with Crippen LogP contribution in [-0.4, -0.2) is 5.91 Å². The highest BCUT2D eigenvalue weighted by molar-refractivity contribution is 7.10. The van der Waals surface area contributed by atoms with Crippen molar-refractivity contribution in [3.63, 3.8) is 0 Å². The van der Waals surface area contributed by atoms with Crippen LogP contribution in [-0.2, 0) is 6.54 Å². The van der Waals surface area contributed by atoms with Crippen LogP contribution in [0.5, 0.6) is 0 Å². The molecule has 1 unspecified atom stereocenters. The second-order valence-corrected chi connectivity index (χ2v) is 4.70. The van der Waals surface area contributed by atoms with Crippen molar-refractivity contribution in [1.29, 1.82) is 0 Å². The molecule has 0 aromatic carbocycles. The Labute approximate surface area is 116 Å². The number of hydrogen-bond donors (Lipinski definition) is 2. The third-order valence-corrected chi connectivity index (χ3v) is 3.49. The molecule has 2 heterocycles. The summed E-state index contributed by atoms with van der Waals surface area (Å²) in [5.74, 6) is 0.466. The average Bonchev–Trinajstić information content (AvgIpc) is 3.00. The monoisotopic (exact) mass is 286 g/mol. The van der Waals surface area contributed by atoms with Gasteiger partial charge in [-0.05, 0) is 24.4 Å². The molecule has 0 spiro atoms. The molecule has 0 aliphatic carbocycles. The predicted molar refractivity (Wildman–Crippen MR) is 74.0 cm³/mol. The van der Waals surface area contributed by atoms with Gasteiger partial charge in [0.2, 0.25) is 0 Å². The minimum absolute atomic E-state index is 0. The van der Waals surface area contributed by atoms with Gasteiger partial charge in [-0.2, -0.15) is 0 Å². The van der Waals surface area contributed by atoms with E-state index in [0.29, 0.717) is 17.9 Å². The Morgan fingerprint density at radius 1 is 1.61 bits per heavy atom. The van der Waals surface area contributed by atoms with Gasteiger partial charge in [0, 0.05) is 4.88 Å². The molecule has 0 aliphatic heterocycles. The summed E-state index contributed by atoms with van der Waals surface area (Å²) in [6.07, 6.45) is 1.43. The average molecular weight is 287 g/mol. The topological polar surface area (TPSA) is 68.3 Å². The highest BCUT2D eigenvalue weighted by Gasteiger charge is 2.14. The first kappa shape index (κ1) is 14.8. The van der Waals surface area contributed by atoms with Crippen molar-refractivity contribution in [3.8, 4) is 0 Å². The Bertz CT molecular complexity index is 496. The maximum absolute atomic E-state index is 11.9. The summed E-state index contributed by atoms with van der Waals surface area (Å²) in [6.45, 7) is 2.25. The number of carbonyl (C=O) groups is 1. The number of rotatable bonds is 4. The molecule has 1 amide bonds. The Morgan fingerprint density at radius 2 is 2.39 bits per heavy atom. The predicted octanol–water partition coefficient (Wildman–Crippen LogP) is 2.71. The first-order chi connectivity index (χ1) is 8.20. The first-order valence-electron chi connectivity index (χ1n) is 5.32. The molecule has 0 aliphatic rings. The van der Waals surface area contributed by atoms with E-state index in [1.165, 1.54) is 6.26 Å². The van der Waals surface area contributed by atoms with Gasteiger partial charge in [-0.15, -0.1) is 23.7 Å². The van der Waals surface area contributed by atoms with Crippen molar-refractivity contribution in [2.75, 3.05) is 0 Å². The second-order valence-electron chi connectivity index (χ2n) is 3.72. The number of furan rings is 1. The van der Waals surface area contributed by atoms with E-state index < -0.39 is 0 Å². The fraction of sp³-hybridized carbons (Fsp3) is 0.250. The fourth-order valence-electron chi connectivity index (χ4n) is 1.50. The summed E-state index contributed by atoms with van der Waals surface area (Å²) in [4.78, 5) is 13.0. The molecule has 1 atom stereocenters. The molecule has 18 heavy (non-hydrogen) atoms. The smallest absolute Gasteiger partial charge is 0.255 e.